The first-order valence-electron chi connectivity index (χ1n) is 13.7. The van der Waals surface area contributed by atoms with Crippen molar-refractivity contribution in [2.24, 2.45) is 13.0 Å². The van der Waals surface area contributed by atoms with Crippen LogP contribution < -0.4 is 10.3 Å². The SMILES string of the molecule is Cn1c2c(c3ccc(-n4ccc(OCc5ccccc5)cc4=O)cc31)C1CCC(C2)CN1C(=O)OC(C)(C)C. The van der Waals surface area contributed by atoms with E-state index in [2.05, 4.69) is 23.7 Å². The van der Waals surface area contributed by atoms with Gasteiger partial charge in [-0.05, 0) is 69.7 Å². The number of hydrogen-bond donors (Lipinski definition) is 0. The highest BCUT2D eigenvalue weighted by molar-refractivity contribution is 5.88. The van der Waals surface area contributed by atoms with Gasteiger partial charge in [0, 0.05) is 42.5 Å². The van der Waals surface area contributed by atoms with Crippen molar-refractivity contribution in [1.29, 1.82) is 0 Å². The summed E-state index contributed by atoms with van der Waals surface area (Å²) in [4.78, 5) is 28.2. The lowest BCUT2D eigenvalue weighted by Crippen LogP contribution is -2.43. The Morgan fingerprint density at radius 1 is 1.03 bits per heavy atom. The fraction of sp³-hybridized carbons (Fsp3) is 0.375. The number of piperidine rings is 1. The van der Waals surface area contributed by atoms with Crippen LogP contribution in [0.1, 0.15) is 56.5 Å². The Hall–Kier alpha value is -4.00. The number of ether oxygens (including phenoxy) is 2. The molecule has 1 aliphatic carbocycles. The van der Waals surface area contributed by atoms with E-state index in [9.17, 15) is 9.59 Å². The van der Waals surface area contributed by atoms with Crippen LogP contribution in [0, 0.1) is 5.92 Å². The third kappa shape index (κ3) is 4.82. The maximum Gasteiger partial charge on any atom is 0.410 e. The number of aryl methyl sites for hydroxylation is 1. The van der Waals surface area contributed by atoms with Crippen LogP contribution in [-0.2, 0) is 24.8 Å². The smallest absolute Gasteiger partial charge is 0.410 e. The van der Waals surface area contributed by atoms with Gasteiger partial charge in [0.15, 0.2) is 0 Å². The van der Waals surface area contributed by atoms with Crippen molar-refractivity contribution < 1.29 is 14.3 Å². The number of nitrogens with zero attached hydrogens (tertiary/aromatic N) is 3. The Labute approximate surface area is 228 Å². The summed E-state index contributed by atoms with van der Waals surface area (Å²) in [5, 5.41) is 1.13. The highest BCUT2D eigenvalue weighted by atomic mass is 16.6. The zero-order chi connectivity index (χ0) is 27.3. The average molecular weight is 526 g/mol. The fourth-order valence-corrected chi connectivity index (χ4v) is 6.09. The van der Waals surface area contributed by atoms with Crippen LogP contribution in [0.25, 0.3) is 16.6 Å². The Bertz CT molecular complexity index is 1600. The summed E-state index contributed by atoms with van der Waals surface area (Å²) in [5.74, 6) is 0.952. The number of benzene rings is 2. The summed E-state index contributed by atoms with van der Waals surface area (Å²) < 4.78 is 15.5. The molecule has 0 spiro atoms. The maximum absolute atomic E-state index is 13.2. The second-order valence-electron chi connectivity index (χ2n) is 11.8. The summed E-state index contributed by atoms with van der Waals surface area (Å²) in [6.07, 6.45) is 4.50. The van der Waals surface area contributed by atoms with Crippen molar-refractivity contribution in [3.8, 4) is 11.4 Å². The van der Waals surface area contributed by atoms with E-state index in [0.29, 0.717) is 18.3 Å². The molecule has 1 fully saturated rings. The summed E-state index contributed by atoms with van der Waals surface area (Å²) in [5.41, 5.74) is 4.73. The zero-order valence-electron chi connectivity index (χ0n) is 23.0. The van der Waals surface area contributed by atoms with Crippen molar-refractivity contribution >= 4 is 17.0 Å². The molecule has 2 aliphatic heterocycles. The van der Waals surface area contributed by atoms with Crippen LogP contribution in [0.15, 0.2) is 71.7 Å². The number of amides is 1. The molecule has 2 aromatic carbocycles. The number of aromatic nitrogens is 2. The van der Waals surface area contributed by atoms with Gasteiger partial charge in [-0.25, -0.2) is 4.79 Å². The number of hydrogen-bond acceptors (Lipinski definition) is 4. The van der Waals surface area contributed by atoms with Crippen LogP contribution in [0.5, 0.6) is 5.75 Å². The van der Waals surface area contributed by atoms with Gasteiger partial charge in [0.25, 0.3) is 5.56 Å². The minimum atomic E-state index is -0.533. The predicted molar refractivity (Wildman–Crippen MR) is 151 cm³/mol. The first kappa shape index (κ1) is 25.3. The Kier molecular flexibility index (Phi) is 6.25. The molecule has 7 nitrogen and oxygen atoms in total. The van der Waals surface area contributed by atoms with Crippen molar-refractivity contribution in [2.75, 3.05) is 6.54 Å². The van der Waals surface area contributed by atoms with E-state index in [0.717, 1.165) is 48.0 Å². The monoisotopic (exact) mass is 525 g/mol. The molecule has 39 heavy (non-hydrogen) atoms. The molecule has 3 aliphatic rings. The molecule has 2 aromatic heterocycles. The molecule has 4 heterocycles. The molecular weight excluding hydrogens is 490 g/mol. The van der Waals surface area contributed by atoms with Gasteiger partial charge in [0.2, 0.25) is 0 Å². The van der Waals surface area contributed by atoms with Crippen LogP contribution in [-0.4, -0.2) is 32.3 Å². The van der Waals surface area contributed by atoms with Crippen molar-refractivity contribution in [2.45, 2.75) is 58.3 Å². The third-order valence-corrected chi connectivity index (χ3v) is 7.89. The summed E-state index contributed by atoms with van der Waals surface area (Å²) in [6.45, 7) is 6.87. The number of carbonyl (C=O) groups is 1. The first-order chi connectivity index (χ1) is 18.7. The normalized spacial score (nSPS) is 18.6. The molecule has 7 rings (SSSR count). The van der Waals surface area contributed by atoms with E-state index in [1.54, 1.807) is 10.8 Å². The Balaban J connectivity index is 1.32. The van der Waals surface area contributed by atoms with Crippen molar-refractivity contribution in [3.05, 3.63) is 94.0 Å². The molecule has 0 N–H and O–H groups in total. The minimum absolute atomic E-state index is 0.00748. The molecule has 2 atom stereocenters. The van der Waals surface area contributed by atoms with Gasteiger partial charge < -0.3 is 18.9 Å². The second kappa shape index (κ2) is 9.63. The summed E-state index contributed by atoms with van der Waals surface area (Å²) in [6, 6.07) is 19.4. The van der Waals surface area contributed by atoms with Crippen molar-refractivity contribution in [3.63, 3.8) is 0 Å². The molecule has 1 saturated heterocycles. The standard InChI is InChI=1S/C32H35N3O4/c1-32(2,3)39-31(37)35-19-22-10-13-26(35)30-25-12-11-23(17-27(25)33(4)28(30)16-22)34-15-14-24(18-29(34)36)38-20-21-8-6-5-7-9-21/h5-9,11-12,14-15,17-18,22,26H,10,13,16,19-20H2,1-4H3. The summed E-state index contributed by atoms with van der Waals surface area (Å²) >= 11 is 0. The molecule has 1 amide bonds. The van der Waals surface area contributed by atoms with E-state index < -0.39 is 5.60 Å². The molecule has 4 aromatic rings. The lowest BCUT2D eigenvalue weighted by atomic mass is 9.93. The Morgan fingerprint density at radius 2 is 1.82 bits per heavy atom. The van der Waals surface area contributed by atoms with Gasteiger partial charge in [0.1, 0.15) is 18.0 Å². The van der Waals surface area contributed by atoms with Crippen LogP contribution in [0.3, 0.4) is 0 Å². The summed E-state index contributed by atoms with van der Waals surface area (Å²) in [7, 11) is 2.09. The highest BCUT2D eigenvalue weighted by Gasteiger charge is 2.41. The zero-order valence-corrected chi connectivity index (χ0v) is 23.0. The highest BCUT2D eigenvalue weighted by Crippen LogP contribution is 2.45. The van der Waals surface area contributed by atoms with E-state index >= 15 is 0 Å². The van der Waals surface area contributed by atoms with E-state index in [1.165, 1.54) is 17.3 Å². The van der Waals surface area contributed by atoms with Gasteiger partial charge in [-0.1, -0.05) is 36.4 Å². The quantitative estimate of drug-likeness (QED) is 0.320. The Morgan fingerprint density at radius 3 is 2.56 bits per heavy atom. The molecule has 2 unspecified atom stereocenters. The van der Waals surface area contributed by atoms with Gasteiger partial charge in [-0.2, -0.15) is 0 Å². The van der Waals surface area contributed by atoms with Crippen LogP contribution in [0.4, 0.5) is 4.79 Å². The van der Waals surface area contributed by atoms with E-state index in [1.807, 2.05) is 68.1 Å². The third-order valence-electron chi connectivity index (χ3n) is 7.89. The predicted octanol–water partition coefficient (Wildman–Crippen LogP) is 6.15. The molecule has 7 heteroatoms. The second-order valence-corrected chi connectivity index (χ2v) is 11.8. The van der Waals surface area contributed by atoms with Crippen LogP contribution in [0.2, 0.25) is 0 Å². The molecule has 0 saturated carbocycles. The topological polar surface area (TPSA) is 65.7 Å². The van der Waals surface area contributed by atoms with Crippen molar-refractivity contribution in [1.82, 2.24) is 14.0 Å². The number of rotatable bonds is 4. The van der Waals surface area contributed by atoms with Crippen LogP contribution >= 0.6 is 0 Å². The van der Waals surface area contributed by atoms with Gasteiger partial charge in [-0.3, -0.25) is 9.36 Å². The van der Waals surface area contributed by atoms with Gasteiger partial charge >= 0.3 is 6.09 Å². The minimum Gasteiger partial charge on any atom is -0.489 e. The average Bonchev–Trinajstić information content (AvgIpc) is 3.04. The first-order valence-corrected chi connectivity index (χ1v) is 13.7. The molecule has 202 valence electrons. The van der Waals surface area contributed by atoms with E-state index in [-0.39, 0.29) is 17.7 Å². The van der Waals surface area contributed by atoms with Gasteiger partial charge in [0.05, 0.1) is 17.2 Å². The number of pyridine rings is 1. The number of fused-ring (bicyclic) bond motifs is 3. The molecule has 0 radical (unpaired) electrons. The lowest BCUT2D eigenvalue weighted by molar-refractivity contribution is 0.00460. The molecule has 2 bridgehead atoms. The number of carbonyl (C=O) groups excluding carboxylic acids is 1. The van der Waals surface area contributed by atoms with E-state index in [4.69, 9.17) is 9.47 Å². The fourth-order valence-electron chi connectivity index (χ4n) is 6.09. The maximum atomic E-state index is 13.2. The molecular formula is C32H35N3O4. The largest absolute Gasteiger partial charge is 0.489 e. The van der Waals surface area contributed by atoms with Gasteiger partial charge in [-0.15, -0.1) is 0 Å². The lowest BCUT2D eigenvalue weighted by Gasteiger charge is -2.38.